The molecule has 0 atom stereocenters. The highest BCUT2D eigenvalue weighted by atomic mass is 79.9. The van der Waals surface area contributed by atoms with Crippen molar-refractivity contribution in [2.45, 2.75) is 13.3 Å². The maximum Gasteiger partial charge on any atom is 0.205 e. The first-order valence-corrected chi connectivity index (χ1v) is 9.67. The molecule has 0 aliphatic carbocycles. The predicted octanol–water partition coefficient (Wildman–Crippen LogP) is 5.05. The van der Waals surface area contributed by atoms with Gasteiger partial charge in [-0.1, -0.05) is 19.1 Å². The summed E-state index contributed by atoms with van der Waals surface area (Å²) in [5.41, 5.74) is 1.33. The van der Waals surface area contributed by atoms with Crippen molar-refractivity contribution in [2.24, 2.45) is 0 Å². The number of benzene rings is 3. The standard InChI is InChI=1S/C21H18BrN3O3/c1-2-10-28-15-7-9-16-13(11-15)4-3-5-18(16)25-20(23-24-21(25)22)17-8-6-14(26)12-19(17)27/h3-9,11-12,26-27H,2,10H2,1H3. The zero-order valence-electron chi connectivity index (χ0n) is 15.1. The largest absolute Gasteiger partial charge is 0.508 e. The van der Waals surface area contributed by atoms with E-state index in [4.69, 9.17) is 4.74 Å². The van der Waals surface area contributed by atoms with E-state index in [2.05, 4.69) is 33.1 Å². The molecule has 4 rings (SSSR count). The van der Waals surface area contributed by atoms with Gasteiger partial charge in [0.05, 0.1) is 17.9 Å². The minimum Gasteiger partial charge on any atom is -0.508 e. The van der Waals surface area contributed by atoms with E-state index in [0.29, 0.717) is 22.7 Å². The molecule has 7 heteroatoms. The summed E-state index contributed by atoms with van der Waals surface area (Å²) < 4.78 is 8.07. The number of phenolic OH excluding ortho intramolecular Hbond substituents is 2. The molecule has 28 heavy (non-hydrogen) atoms. The van der Waals surface area contributed by atoms with Crippen LogP contribution in [0.15, 0.2) is 59.3 Å². The van der Waals surface area contributed by atoms with E-state index in [0.717, 1.165) is 28.6 Å². The molecule has 0 aliphatic rings. The van der Waals surface area contributed by atoms with Crippen LogP contribution in [0.4, 0.5) is 0 Å². The van der Waals surface area contributed by atoms with Gasteiger partial charge < -0.3 is 14.9 Å². The highest BCUT2D eigenvalue weighted by Crippen LogP contribution is 2.36. The second-order valence-corrected chi connectivity index (χ2v) is 7.05. The number of fused-ring (bicyclic) bond motifs is 1. The molecule has 3 aromatic carbocycles. The van der Waals surface area contributed by atoms with Crippen LogP contribution in [0.5, 0.6) is 17.2 Å². The molecule has 0 spiro atoms. The molecule has 0 saturated heterocycles. The van der Waals surface area contributed by atoms with Crippen LogP contribution in [-0.4, -0.2) is 31.6 Å². The number of aromatic hydroxyl groups is 2. The Bertz CT molecular complexity index is 1160. The molecular formula is C21H18BrN3O3. The third-order valence-corrected chi connectivity index (χ3v) is 4.90. The Labute approximate surface area is 170 Å². The normalized spacial score (nSPS) is 11.1. The van der Waals surface area contributed by atoms with Crippen molar-refractivity contribution in [3.05, 3.63) is 59.3 Å². The van der Waals surface area contributed by atoms with Crippen molar-refractivity contribution < 1.29 is 14.9 Å². The SMILES string of the molecule is CCCOc1ccc2c(-n3c(Br)nnc3-c3ccc(O)cc3O)cccc2c1. The highest BCUT2D eigenvalue weighted by Gasteiger charge is 2.18. The molecule has 1 heterocycles. The lowest BCUT2D eigenvalue weighted by Gasteiger charge is -2.13. The van der Waals surface area contributed by atoms with Gasteiger partial charge in [-0.2, -0.15) is 0 Å². The average Bonchev–Trinajstić information content (AvgIpc) is 3.06. The molecule has 0 fully saturated rings. The highest BCUT2D eigenvalue weighted by molar-refractivity contribution is 9.10. The summed E-state index contributed by atoms with van der Waals surface area (Å²) in [6.45, 7) is 2.75. The van der Waals surface area contributed by atoms with Crippen molar-refractivity contribution in [3.8, 4) is 34.3 Å². The number of halogens is 1. The second kappa shape index (κ2) is 7.52. The lowest BCUT2D eigenvalue weighted by Crippen LogP contribution is -2.00. The molecule has 0 saturated carbocycles. The van der Waals surface area contributed by atoms with Crippen LogP contribution < -0.4 is 4.74 Å². The molecule has 6 nitrogen and oxygen atoms in total. The summed E-state index contributed by atoms with van der Waals surface area (Å²) >= 11 is 3.46. The van der Waals surface area contributed by atoms with Gasteiger partial charge >= 0.3 is 0 Å². The van der Waals surface area contributed by atoms with E-state index < -0.39 is 0 Å². The van der Waals surface area contributed by atoms with Crippen LogP contribution >= 0.6 is 15.9 Å². The molecular weight excluding hydrogens is 422 g/mol. The first-order chi connectivity index (χ1) is 13.6. The smallest absolute Gasteiger partial charge is 0.205 e. The van der Waals surface area contributed by atoms with Crippen LogP contribution in [-0.2, 0) is 0 Å². The Kier molecular flexibility index (Phi) is 4.92. The van der Waals surface area contributed by atoms with Gasteiger partial charge in [-0.25, -0.2) is 0 Å². The van der Waals surface area contributed by atoms with Gasteiger partial charge in [-0.05, 0) is 64.1 Å². The van der Waals surface area contributed by atoms with Crippen molar-refractivity contribution >= 4 is 26.7 Å². The number of nitrogens with zero attached hydrogens (tertiary/aromatic N) is 3. The fourth-order valence-electron chi connectivity index (χ4n) is 3.11. The first-order valence-electron chi connectivity index (χ1n) is 8.87. The molecule has 0 aliphatic heterocycles. The van der Waals surface area contributed by atoms with Gasteiger partial charge in [0, 0.05) is 11.5 Å². The van der Waals surface area contributed by atoms with E-state index in [1.54, 1.807) is 6.07 Å². The van der Waals surface area contributed by atoms with Gasteiger partial charge in [-0.15, -0.1) is 10.2 Å². The van der Waals surface area contributed by atoms with Crippen LogP contribution in [0.2, 0.25) is 0 Å². The Balaban J connectivity index is 1.88. The van der Waals surface area contributed by atoms with Crippen molar-refractivity contribution in [1.29, 1.82) is 0 Å². The van der Waals surface area contributed by atoms with E-state index in [-0.39, 0.29) is 11.5 Å². The van der Waals surface area contributed by atoms with E-state index in [1.807, 2.05) is 41.0 Å². The molecule has 0 bridgehead atoms. The van der Waals surface area contributed by atoms with Crippen LogP contribution in [0, 0.1) is 0 Å². The predicted molar refractivity (Wildman–Crippen MR) is 111 cm³/mol. The maximum absolute atomic E-state index is 10.3. The van der Waals surface area contributed by atoms with Gasteiger partial charge in [0.2, 0.25) is 4.73 Å². The fourth-order valence-corrected chi connectivity index (χ4v) is 3.55. The lowest BCUT2D eigenvalue weighted by molar-refractivity contribution is 0.318. The molecule has 2 N–H and O–H groups in total. The minimum absolute atomic E-state index is 0.0175. The average molecular weight is 440 g/mol. The zero-order valence-corrected chi connectivity index (χ0v) is 16.7. The zero-order chi connectivity index (χ0) is 19.7. The van der Waals surface area contributed by atoms with Crippen LogP contribution in [0.1, 0.15) is 13.3 Å². The van der Waals surface area contributed by atoms with Gasteiger partial charge in [-0.3, -0.25) is 4.57 Å². The van der Waals surface area contributed by atoms with Crippen LogP contribution in [0.3, 0.4) is 0 Å². The Morgan fingerprint density at radius 3 is 2.68 bits per heavy atom. The Hall–Kier alpha value is -3.06. The van der Waals surface area contributed by atoms with E-state index in [1.165, 1.54) is 12.1 Å². The van der Waals surface area contributed by atoms with Crippen molar-refractivity contribution in [3.63, 3.8) is 0 Å². The summed E-state index contributed by atoms with van der Waals surface area (Å²) in [6, 6.07) is 16.3. The first kappa shape index (κ1) is 18.3. The molecule has 0 amide bonds. The van der Waals surface area contributed by atoms with E-state index in [9.17, 15) is 10.2 Å². The molecule has 0 radical (unpaired) electrons. The van der Waals surface area contributed by atoms with E-state index >= 15 is 0 Å². The summed E-state index contributed by atoms with van der Waals surface area (Å²) in [4.78, 5) is 0. The summed E-state index contributed by atoms with van der Waals surface area (Å²) in [7, 11) is 0. The van der Waals surface area contributed by atoms with Gasteiger partial charge in [0.25, 0.3) is 0 Å². The number of phenols is 2. The third-order valence-electron chi connectivity index (χ3n) is 4.39. The lowest BCUT2D eigenvalue weighted by atomic mass is 10.1. The number of hydrogen-bond acceptors (Lipinski definition) is 5. The minimum atomic E-state index is -0.0726. The van der Waals surface area contributed by atoms with Gasteiger partial charge in [0.15, 0.2) is 5.82 Å². The number of rotatable bonds is 5. The molecule has 0 unspecified atom stereocenters. The Morgan fingerprint density at radius 1 is 1.04 bits per heavy atom. The fraction of sp³-hybridized carbons (Fsp3) is 0.143. The number of aromatic nitrogens is 3. The maximum atomic E-state index is 10.3. The Morgan fingerprint density at radius 2 is 1.89 bits per heavy atom. The molecule has 4 aromatic rings. The summed E-state index contributed by atoms with van der Waals surface area (Å²) in [6.07, 6.45) is 0.950. The molecule has 1 aromatic heterocycles. The summed E-state index contributed by atoms with van der Waals surface area (Å²) in [5.74, 6) is 1.20. The number of hydrogen-bond donors (Lipinski definition) is 2. The van der Waals surface area contributed by atoms with Crippen molar-refractivity contribution in [2.75, 3.05) is 6.61 Å². The number of ether oxygens (including phenoxy) is 1. The topological polar surface area (TPSA) is 80.4 Å². The van der Waals surface area contributed by atoms with Gasteiger partial charge in [0.1, 0.15) is 17.2 Å². The second-order valence-electron chi connectivity index (χ2n) is 6.34. The van der Waals surface area contributed by atoms with Crippen molar-refractivity contribution in [1.82, 2.24) is 14.8 Å². The quantitative estimate of drug-likeness (QED) is 0.454. The molecule has 142 valence electrons. The summed E-state index contributed by atoms with van der Waals surface area (Å²) in [5, 5.41) is 30.2. The third kappa shape index (κ3) is 3.29. The van der Waals surface area contributed by atoms with Crippen LogP contribution in [0.25, 0.3) is 27.8 Å². The monoisotopic (exact) mass is 439 g/mol.